The Morgan fingerprint density at radius 2 is 1.24 bits per heavy atom. The summed E-state index contributed by atoms with van der Waals surface area (Å²) in [5, 5.41) is 0. The van der Waals surface area contributed by atoms with Crippen molar-refractivity contribution in [2.45, 2.75) is 26.7 Å². The number of rotatable bonds is 3. The number of hydrogen-bond acceptors (Lipinski definition) is 1. The second-order valence-electron chi connectivity index (χ2n) is 6.09. The van der Waals surface area contributed by atoms with Gasteiger partial charge in [-0.05, 0) is 12.1 Å². The van der Waals surface area contributed by atoms with Gasteiger partial charge in [0.1, 0.15) is 17.4 Å². The molecule has 0 aromatic heterocycles. The van der Waals surface area contributed by atoms with Crippen molar-refractivity contribution in [1.82, 2.24) is 0 Å². The normalized spacial score (nSPS) is 11.7. The first kappa shape index (κ1) is 15.4. The molecule has 2 aromatic carbocycles. The molecule has 0 amide bonds. The van der Waals surface area contributed by atoms with Gasteiger partial charge < -0.3 is 0 Å². The Morgan fingerprint density at radius 3 is 1.57 bits per heavy atom. The van der Waals surface area contributed by atoms with Gasteiger partial charge in [-0.2, -0.15) is 0 Å². The van der Waals surface area contributed by atoms with Crippen LogP contribution < -0.4 is 0 Å². The van der Waals surface area contributed by atoms with E-state index in [1.165, 1.54) is 24.3 Å². The summed E-state index contributed by atoms with van der Waals surface area (Å²) >= 11 is 0. The molecule has 0 aliphatic carbocycles. The molecule has 3 heteroatoms. The molecule has 0 heterocycles. The minimum atomic E-state index is -0.938. The second kappa shape index (κ2) is 5.76. The van der Waals surface area contributed by atoms with Crippen LogP contribution in [0, 0.1) is 17.0 Å². The highest BCUT2D eigenvalue weighted by Crippen LogP contribution is 2.35. The average molecular weight is 288 g/mol. The van der Waals surface area contributed by atoms with Gasteiger partial charge in [0, 0.05) is 16.5 Å². The van der Waals surface area contributed by atoms with Crippen LogP contribution in [0.25, 0.3) is 0 Å². The third-order valence-corrected chi connectivity index (χ3v) is 3.43. The quantitative estimate of drug-likeness (QED) is 0.799. The highest BCUT2D eigenvalue weighted by atomic mass is 19.1. The fraction of sp³-hybridized carbons (Fsp3) is 0.278. The Balaban J connectivity index is 2.64. The van der Waals surface area contributed by atoms with Crippen molar-refractivity contribution in [3.8, 4) is 0 Å². The molecule has 0 atom stereocenters. The number of ketones is 1. The topological polar surface area (TPSA) is 17.1 Å². The molecular formula is C18H18F2O. The van der Waals surface area contributed by atoms with Crippen molar-refractivity contribution < 1.29 is 13.6 Å². The van der Waals surface area contributed by atoms with E-state index >= 15 is 0 Å². The lowest BCUT2D eigenvalue weighted by atomic mass is 9.76. The minimum absolute atomic E-state index is 0.210. The lowest BCUT2D eigenvalue weighted by Crippen LogP contribution is -2.28. The number of hydrogen-bond donors (Lipinski definition) is 0. The Morgan fingerprint density at radius 1 is 0.857 bits per heavy atom. The number of carbonyl (C=O) groups excluding carboxylic acids is 1. The van der Waals surface area contributed by atoms with Gasteiger partial charge in [-0.3, -0.25) is 4.79 Å². The van der Waals surface area contributed by atoms with Crippen molar-refractivity contribution in [1.29, 1.82) is 0 Å². The zero-order valence-electron chi connectivity index (χ0n) is 12.4. The van der Waals surface area contributed by atoms with Gasteiger partial charge in [0.05, 0.1) is 5.92 Å². The Labute approximate surface area is 123 Å². The van der Waals surface area contributed by atoms with Gasteiger partial charge >= 0.3 is 0 Å². The van der Waals surface area contributed by atoms with E-state index in [0.717, 1.165) is 0 Å². The van der Waals surface area contributed by atoms with Crippen LogP contribution in [0.2, 0.25) is 0 Å². The summed E-state index contributed by atoms with van der Waals surface area (Å²) in [6.07, 6.45) is 0. The minimum Gasteiger partial charge on any atom is -0.298 e. The van der Waals surface area contributed by atoms with Crippen LogP contribution >= 0.6 is 0 Å². The Kier molecular flexibility index (Phi) is 4.21. The van der Waals surface area contributed by atoms with Crippen molar-refractivity contribution in [3.63, 3.8) is 0 Å². The molecule has 0 N–H and O–H groups in total. The van der Waals surface area contributed by atoms with Crippen LogP contribution in [0.4, 0.5) is 8.78 Å². The number of Topliss-reactive ketones (excluding diaryl/α,β-unsaturated/α-hetero) is 1. The average Bonchev–Trinajstić information content (AvgIpc) is 2.42. The number of benzene rings is 2. The summed E-state index contributed by atoms with van der Waals surface area (Å²) < 4.78 is 28.3. The van der Waals surface area contributed by atoms with Crippen LogP contribution in [0.1, 0.15) is 37.8 Å². The molecule has 0 bridgehead atoms. The molecule has 0 aliphatic heterocycles. The van der Waals surface area contributed by atoms with Crippen LogP contribution in [-0.4, -0.2) is 5.78 Å². The fourth-order valence-electron chi connectivity index (χ4n) is 2.30. The van der Waals surface area contributed by atoms with Crippen LogP contribution in [-0.2, 0) is 4.79 Å². The molecule has 0 saturated heterocycles. The lowest BCUT2D eigenvalue weighted by molar-refractivity contribution is -0.127. The summed E-state index contributed by atoms with van der Waals surface area (Å²) in [6, 6.07) is 12.1. The summed E-state index contributed by atoms with van der Waals surface area (Å²) in [4.78, 5) is 12.7. The molecule has 0 saturated carbocycles. The molecular weight excluding hydrogens is 270 g/mol. The monoisotopic (exact) mass is 288 g/mol. The zero-order chi connectivity index (χ0) is 15.6. The molecule has 0 radical (unpaired) electrons. The second-order valence-corrected chi connectivity index (χ2v) is 6.09. The smallest absolute Gasteiger partial charge is 0.150 e. The largest absolute Gasteiger partial charge is 0.298 e. The van der Waals surface area contributed by atoms with Crippen LogP contribution in [0.5, 0.6) is 0 Å². The van der Waals surface area contributed by atoms with E-state index in [-0.39, 0.29) is 16.9 Å². The van der Waals surface area contributed by atoms with E-state index in [1.54, 1.807) is 45.0 Å². The van der Waals surface area contributed by atoms with Crippen molar-refractivity contribution >= 4 is 5.78 Å². The van der Waals surface area contributed by atoms with Gasteiger partial charge in [0.2, 0.25) is 0 Å². The first-order valence-corrected chi connectivity index (χ1v) is 6.85. The van der Waals surface area contributed by atoms with Crippen molar-refractivity contribution in [2.24, 2.45) is 5.41 Å². The highest BCUT2D eigenvalue weighted by molar-refractivity contribution is 5.93. The summed E-state index contributed by atoms with van der Waals surface area (Å²) in [7, 11) is 0. The lowest BCUT2D eigenvalue weighted by Gasteiger charge is -2.26. The number of carbonyl (C=O) groups is 1. The molecule has 21 heavy (non-hydrogen) atoms. The predicted octanol–water partition coefficient (Wildman–Crippen LogP) is 4.71. The van der Waals surface area contributed by atoms with Crippen molar-refractivity contribution in [3.05, 3.63) is 71.3 Å². The van der Waals surface area contributed by atoms with Gasteiger partial charge in [0.25, 0.3) is 0 Å². The van der Waals surface area contributed by atoms with E-state index < -0.39 is 23.0 Å². The maximum Gasteiger partial charge on any atom is 0.150 e. The summed E-state index contributed by atoms with van der Waals surface area (Å²) in [5.41, 5.74) is -0.278. The molecule has 0 aliphatic rings. The maximum absolute atomic E-state index is 14.1. The molecule has 2 rings (SSSR count). The third kappa shape index (κ3) is 3.18. The predicted molar refractivity (Wildman–Crippen MR) is 79.1 cm³/mol. The van der Waals surface area contributed by atoms with E-state index in [4.69, 9.17) is 0 Å². The fourth-order valence-corrected chi connectivity index (χ4v) is 2.30. The van der Waals surface area contributed by atoms with E-state index in [0.29, 0.717) is 0 Å². The van der Waals surface area contributed by atoms with Crippen LogP contribution in [0.15, 0.2) is 48.5 Å². The highest BCUT2D eigenvalue weighted by Gasteiger charge is 2.34. The Hall–Kier alpha value is -2.03. The Bertz CT molecular complexity index is 611. The standard InChI is InChI=1S/C18H18F2O/c1-18(2,3)17(21)16(12-8-4-6-10-14(12)19)13-9-5-7-11-15(13)20/h4-11,16H,1-3H3. The van der Waals surface area contributed by atoms with E-state index in [2.05, 4.69) is 0 Å². The molecule has 1 nitrogen and oxygen atoms in total. The third-order valence-electron chi connectivity index (χ3n) is 3.43. The first-order valence-electron chi connectivity index (χ1n) is 6.85. The first-order chi connectivity index (χ1) is 9.82. The zero-order valence-corrected chi connectivity index (χ0v) is 12.4. The van der Waals surface area contributed by atoms with Gasteiger partial charge in [-0.1, -0.05) is 57.2 Å². The van der Waals surface area contributed by atoms with Crippen LogP contribution in [0.3, 0.4) is 0 Å². The molecule has 2 aromatic rings. The van der Waals surface area contributed by atoms with Crippen molar-refractivity contribution in [2.75, 3.05) is 0 Å². The SMILES string of the molecule is CC(C)(C)C(=O)C(c1ccccc1F)c1ccccc1F. The summed E-state index contributed by atoms with van der Waals surface area (Å²) in [6.45, 7) is 5.26. The maximum atomic E-state index is 14.1. The van der Waals surface area contributed by atoms with E-state index in [9.17, 15) is 13.6 Å². The van der Waals surface area contributed by atoms with Gasteiger partial charge in [0.15, 0.2) is 0 Å². The molecule has 0 fully saturated rings. The van der Waals surface area contributed by atoms with Gasteiger partial charge in [-0.25, -0.2) is 8.78 Å². The molecule has 0 unspecified atom stereocenters. The van der Waals surface area contributed by atoms with E-state index in [1.807, 2.05) is 0 Å². The molecule has 110 valence electrons. The number of halogens is 2. The molecule has 0 spiro atoms. The summed E-state index contributed by atoms with van der Waals surface area (Å²) in [5.74, 6) is -2.14. The van der Waals surface area contributed by atoms with Gasteiger partial charge in [-0.15, -0.1) is 0 Å².